The number of hydrogen-bond acceptors (Lipinski definition) is 4. The highest BCUT2D eigenvalue weighted by atomic mass is 32.1. The monoisotopic (exact) mass is 313 g/mol. The molecule has 1 aliphatic heterocycles. The Morgan fingerprint density at radius 2 is 1.77 bits per heavy atom. The molecular weight excluding hydrogens is 297 g/mol. The maximum atomic E-state index is 13.1. The van der Waals surface area contributed by atoms with Gasteiger partial charge in [-0.3, -0.25) is 0 Å². The summed E-state index contributed by atoms with van der Waals surface area (Å²) in [6.45, 7) is 2.13. The number of nitrogens with zero attached hydrogens (tertiary/aromatic N) is 3. The lowest BCUT2D eigenvalue weighted by molar-refractivity contribution is 0.575. The third-order valence-corrected chi connectivity index (χ3v) is 5.25. The summed E-state index contributed by atoms with van der Waals surface area (Å²) in [4.78, 5) is 12.4. The van der Waals surface area contributed by atoms with Gasteiger partial charge in [0.05, 0.1) is 10.2 Å². The van der Waals surface area contributed by atoms with E-state index < -0.39 is 0 Å². The lowest BCUT2D eigenvalue weighted by Crippen LogP contribution is -2.30. The molecule has 1 aromatic carbocycles. The maximum Gasteiger partial charge on any atom is 0.150 e. The molecule has 0 aliphatic carbocycles. The van der Waals surface area contributed by atoms with E-state index in [4.69, 9.17) is 0 Å². The van der Waals surface area contributed by atoms with Gasteiger partial charge in [-0.2, -0.15) is 0 Å². The van der Waals surface area contributed by atoms with Crippen LogP contribution in [0.5, 0.6) is 0 Å². The minimum Gasteiger partial charge on any atom is -0.355 e. The first-order valence-corrected chi connectivity index (χ1v) is 8.38. The molecule has 0 radical (unpaired) electrons. The molecule has 0 bridgehead atoms. The molecule has 112 valence electrons. The van der Waals surface area contributed by atoms with Crippen molar-refractivity contribution in [1.29, 1.82) is 0 Å². The van der Waals surface area contributed by atoms with Crippen LogP contribution in [-0.4, -0.2) is 23.1 Å². The summed E-state index contributed by atoms with van der Waals surface area (Å²) in [5.41, 5.74) is 1.99. The van der Waals surface area contributed by atoms with Crippen molar-refractivity contribution in [2.75, 3.05) is 18.0 Å². The zero-order valence-corrected chi connectivity index (χ0v) is 12.9. The van der Waals surface area contributed by atoms with Gasteiger partial charge < -0.3 is 4.90 Å². The van der Waals surface area contributed by atoms with E-state index in [0.29, 0.717) is 0 Å². The van der Waals surface area contributed by atoms with Gasteiger partial charge in [0.15, 0.2) is 0 Å². The molecule has 2 aromatic heterocycles. The largest absolute Gasteiger partial charge is 0.355 e. The lowest BCUT2D eigenvalue weighted by atomic mass is 10.1. The zero-order valence-electron chi connectivity index (χ0n) is 12.1. The van der Waals surface area contributed by atoms with Crippen LogP contribution in [0.15, 0.2) is 36.7 Å². The van der Waals surface area contributed by atoms with Crippen LogP contribution in [0.25, 0.3) is 20.7 Å². The number of benzene rings is 1. The second-order valence-electron chi connectivity index (χ2n) is 5.58. The van der Waals surface area contributed by atoms with Crippen LogP contribution >= 0.6 is 11.3 Å². The molecule has 1 fully saturated rings. The number of hydrogen-bond donors (Lipinski definition) is 0. The molecule has 0 saturated carbocycles. The minimum atomic E-state index is -0.210. The van der Waals surface area contributed by atoms with Gasteiger partial charge in [0.25, 0.3) is 0 Å². The van der Waals surface area contributed by atoms with Crippen molar-refractivity contribution in [3.63, 3.8) is 0 Å². The van der Waals surface area contributed by atoms with E-state index in [1.165, 1.54) is 31.4 Å². The SMILES string of the molecule is Fc1ccc(-c2cc3ncnc(N4CCCCC4)c3s2)cc1. The van der Waals surface area contributed by atoms with E-state index in [1.54, 1.807) is 17.7 Å². The van der Waals surface area contributed by atoms with Gasteiger partial charge in [-0.05, 0) is 43.0 Å². The average molecular weight is 313 g/mol. The van der Waals surface area contributed by atoms with E-state index in [9.17, 15) is 4.39 Å². The molecule has 4 rings (SSSR count). The van der Waals surface area contributed by atoms with E-state index in [1.807, 2.05) is 12.1 Å². The Kier molecular flexibility index (Phi) is 3.50. The number of thiophene rings is 1. The first kappa shape index (κ1) is 13.6. The van der Waals surface area contributed by atoms with Crippen LogP contribution in [0.4, 0.5) is 10.2 Å². The Morgan fingerprint density at radius 3 is 2.55 bits per heavy atom. The molecule has 3 nitrogen and oxygen atoms in total. The molecule has 1 aliphatic rings. The Bertz CT molecular complexity index is 791. The van der Waals surface area contributed by atoms with E-state index in [0.717, 1.165) is 39.6 Å². The van der Waals surface area contributed by atoms with Crippen LogP contribution in [0.2, 0.25) is 0 Å². The van der Waals surface area contributed by atoms with Crippen molar-refractivity contribution < 1.29 is 4.39 Å². The number of piperidine rings is 1. The van der Waals surface area contributed by atoms with Gasteiger partial charge >= 0.3 is 0 Å². The van der Waals surface area contributed by atoms with Gasteiger partial charge in [-0.25, -0.2) is 14.4 Å². The molecule has 3 heterocycles. The van der Waals surface area contributed by atoms with Crippen molar-refractivity contribution >= 4 is 27.4 Å². The smallest absolute Gasteiger partial charge is 0.150 e. The Hall–Kier alpha value is -2.01. The number of aromatic nitrogens is 2. The molecule has 0 unspecified atom stereocenters. The standard InChI is InChI=1S/C17H16FN3S/c18-13-6-4-12(5-7-13)15-10-14-16(22-15)17(20-11-19-14)21-8-2-1-3-9-21/h4-7,10-11H,1-3,8-9H2. The van der Waals surface area contributed by atoms with Gasteiger partial charge in [-0.15, -0.1) is 11.3 Å². The molecule has 0 N–H and O–H groups in total. The molecule has 3 aromatic rings. The average Bonchev–Trinajstić information content (AvgIpc) is 3.00. The zero-order chi connectivity index (χ0) is 14.9. The topological polar surface area (TPSA) is 29.0 Å². The number of fused-ring (bicyclic) bond motifs is 1. The van der Waals surface area contributed by atoms with Gasteiger partial charge in [0, 0.05) is 18.0 Å². The van der Waals surface area contributed by atoms with Gasteiger partial charge in [0.1, 0.15) is 18.0 Å². The maximum absolute atomic E-state index is 13.1. The fourth-order valence-electron chi connectivity index (χ4n) is 2.93. The van der Waals surface area contributed by atoms with Crippen molar-refractivity contribution in [3.8, 4) is 10.4 Å². The minimum absolute atomic E-state index is 0.210. The molecular formula is C17H16FN3S. The van der Waals surface area contributed by atoms with Gasteiger partial charge in [0.2, 0.25) is 0 Å². The lowest BCUT2D eigenvalue weighted by Gasteiger charge is -2.27. The fraction of sp³-hybridized carbons (Fsp3) is 0.294. The van der Waals surface area contributed by atoms with Crippen molar-refractivity contribution in [1.82, 2.24) is 9.97 Å². The van der Waals surface area contributed by atoms with Crippen LogP contribution in [0.1, 0.15) is 19.3 Å². The summed E-state index contributed by atoms with van der Waals surface area (Å²) in [6.07, 6.45) is 5.40. The molecule has 0 amide bonds. The highest BCUT2D eigenvalue weighted by Gasteiger charge is 2.17. The van der Waals surface area contributed by atoms with Crippen molar-refractivity contribution in [2.24, 2.45) is 0 Å². The Labute approximate surface area is 132 Å². The Balaban J connectivity index is 1.78. The molecule has 0 atom stereocenters. The summed E-state index contributed by atoms with van der Waals surface area (Å²) in [5, 5.41) is 0. The number of halogens is 1. The number of anilines is 1. The first-order chi connectivity index (χ1) is 10.8. The number of rotatable bonds is 2. The predicted octanol–water partition coefficient (Wildman–Crippen LogP) is 4.49. The van der Waals surface area contributed by atoms with E-state index >= 15 is 0 Å². The van der Waals surface area contributed by atoms with Gasteiger partial charge in [-0.1, -0.05) is 12.1 Å². The highest BCUT2D eigenvalue weighted by Crippen LogP contribution is 2.37. The second kappa shape index (κ2) is 5.65. The third kappa shape index (κ3) is 2.46. The summed E-state index contributed by atoms with van der Waals surface area (Å²) >= 11 is 1.69. The summed E-state index contributed by atoms with van der Waals surface area (Å²) in [6, 6.07) is 8.69. The summed E-state index contributed by atoms with van der Waals surface area (Å²) in [5.74, 6) is 0.835. The predicted molar refractivity (Wildman–Crippen MR) is 88.9 cm³/mol. The van der Waals surface area contributed by atoms with Crippen LogP contribution < -0.4 is 4.90 Å². The molecule has 1 saturated heterocycles. The van der Waals surface area contributed by atoms with Crippen LogP contribution in [0, 0.1) is 5.82 Å². The Morgan fingerprint density at radius 1 is 1.00 bits per heavy atom. The van der Waals surface area contributed by atoms with Crippen molar-refractivity contribution in [3.05, 3.63) is 42.5 Å². The first-order valence-electron chi connectivity index (χ1n) is 7.57. The van der Waals surface area contributed by atoms with Crippen molar-refractivity contribution in [2.45, 2.75) is 19.3 Å². The summed E-state index contributed by atoms with van der Waals surface area (Å²) in [7, 11) is 0. The fourth-order valence-corrected chi connectivity index (χ4v) is 4.06. The normalized spacial score (nSPS) is 15.4. The second-order valence-corrected chi connectivity index (χ2v) is 6.63. The van der Waals surface area contributed by atoms with E-state index in [2.05, 4.69) is 20.9 Å². The van der Waals surface area contributed by atoms with Crippen LogP contribution in [-0.2, 0) is 0 Å². The van der Waals surface area contributed by atoms with E-state index in [-0.39, 0.29) is 5.82 Å². The van der Waals surface area contributed by atoms with Crippen LogP contribution in [0.3, 0.4) is 0 Å². The summed E-state index contributed by atoms with van der Waals surface area (Å²) < 4.78 is 14.2. The molecule has 0 spiro atoms. The molecule has 5 heteroatoms. The highest BCUT2D eigenvalue weighted by molar-refractivity contribution is 7.22. The third-order valence-electron chi connectivity index (χ3n) is 4.08. The quantitative estimate of drug-likeness (QED) is 0.698. The molecule has 22 heavy (non-hydrogen) atoms.